The van der Waals surface area contributed by atoms with Gasteiger partial charge in [0.2, 0.25) is 0 Å². The van der Waals surface area contributed by atoms with Crippen LogP contribution in [0.3, 0.4) is 0 Å². The van der Waals surface area contributed by atoms with Crippen LogP contribution in [0.2, 0.25) is 0 Å². The fourth-order valence-corrected chi connectivity index (χ4v) is 2.91. The van der Waals surface area contributed by atoms with E-state index in [-0.39, 0.29) is 0 Å². The number of hydrogen-bond donors (Lipinski definition) is 1. The molecule has 1 saturated heterocycles. The highest BCUT2D eigenvalue weighted by molar-refractivity contribution is 4.81. The van der Waals surface area contributed by atoms with Gasteiger partial charge in [-0.25, -0.2) is 0 Å². The summed E-state index contributed by atoms with van der Waals surface area (Å²) in [6.45, 7) is 8.73. The van der Waals surface area contributed by atoms with Crippen LogP contribution in [0.25, 0.3) is 0 Å². The van der Waals surface area contributed by atoms with Gasteiger partial charge in [0.1, 0.15) is 0 Å². The zero-order chi connectivity index (χ0) is 12.5. The molecule has 0 aromatic heterocycles. The third-order valence-corrected chi connectivity index (χ3v) is 3.69. The zero-order valence-corrected chi connectivity index (χ0v) is 11.9. The lowest BCUT2D eigenvalue weighted by atomic mass is 9.97. The Hall–Kier alpha value is -0.120. The SMILES string of the molecule is CCCC1CCCCN1CC(COC)NCC. The Balaban J connectivity index is 2.43. The maximum absolute atomic E-state index is 5.30. The first-order chi connectivity index (χ1) is 8.31. The monoisotopic (exact) mass is 242 g/mol. The molecular formula is C14H30N2O. The number of nitrogens with zero attached hydrogens (tertiary/aromatic N) is 1. The molecular weight excluding hydrogens is 212 g/mol. The molecule has 2 unspecified atom stereocenters. The maximum Gasteiger partial charge on any atom is 0.0628 e. The number of nitrogens with one attached hydrogen (secondary N) is 1. The van der Waals surface area contributed by atoms with Crippen LogP contribution in [-0.2, 0) is 4.74 Å². The van der Waals surface area contributed by atoms with Crippen molar-refractivity contribution in [1.29, 1.82) is 0 Å². The fraction of sp³-hybridized carbons (Fsp3) is 1.00. The summed E-state index contributed by atoms with van der Waals surface area (Å²) in [5.41, 5.74) is 0. The standard InChI is InChI=1S/C14H30N2O/c1-4-8-14-9-6-7-10-16(14)11-13(12-17-3)15-5-2/h13-15H,4-12H2,1-3H3. The largest absolute Gasteiger partial charge is 0.383 e. The van der Waals surface area contributed by atoms with Crippen molar-refractivity contribution in [2.75, 3.05) is 33.4 Å². The van der Waals surface area contributed by atoms with Crippen molar-refractivity contribution in [2.24, 2.45) is 0 Å². The molecule has 3 heteroatoms. The first kappa shape index (κ1) is 14.9. The summed E-state index contributed by atoms with van der Waals surface area (Å²) >= 11 is 0. The van der Waals surface area contributed by atoms with E-state index in [0.717, 1.165) is 25.7 Å². The smallest absolute Gasteiger partial charge is 0.0628 e. The lowest BCUT2D eigenvalue weighted by molar-refractivity contribution is 0.0938. The Labute approximate surface area is 107 Å². The number of piperidine rings is 1. The molecule has 0 amide bonds. The van der Waals surface area contributed by atoms with E-state index in [1.54, 1.807) is 7.11 Å². The molecule has 1 fully saturated rings. The van der Waals surface area contributed by atoms with Crippen LogP contribution in [0.4, 0.5) is 0 Å². The molecule has 102 valence electrons. The minimum absolute atomic E-state index is 0.488. The van der Waals surface area contributed by atoms with Crippen LogP contribution in [0.15, 0.2) is 0 Å². The Kier molecular flexibility index (Phi) is 7.82. The van der Waals surface area contributed by atoms with Gasteiger partial charge in [-0.3, -0.25) is 4.90 Å². The molecule has 0 saturated carbocycles. The van der Waals surface area contributed by atoms with Gasteiger partial charge in [-0.1, -0.05) is 26.7 Å². The van der Waals surface area contributed by atoms with E-state index in [1.165, 1.54) is 38.6 Å². The van der Waals surface area contributed by atoms with Crippen molar-refractivity contribution < 1.29 is 4.74 Å². The third kappa shape index (κ3) is 5.36. The Bertz CT molecular complexity index is 179. The fourth-order valence-electron chi connectivity index (χ4n) is 2.91. The van der Waals surface area contributed by atoms with Crippen LogP contribution < -0.4 is 5.32 Å². The molecule has 0 aliphatic carbocycles. The Morgan fingerprint density at radius 2 is 2.18 bits per heavy atom. The molecule has 2 atom stereocenters. The second kappa shape index (κ2) is 8.90. The van der Waals surface area contributed by atoms with Crippen LogP contribution in [0, 0.1) is 0 Å². The van der Waals surface area contributed by atoms with Crippen LogP contribution in [-0.4, -0.2) is 50.3 Å². The zero-order valence-electron chi connectivity index (χ0n) is 11.9. The minimum Gasteiger partial charge on any atom is -0.383 e. The summed E-state index contributed by atoms with van der Waals surface area (Å²) in [5, 5.41) is 3.53. The number of ether oxygens (including phenoxy) is 1. The number of hydrogen-bond acceptors (Lipinski definition) is 3. The molecule has 0 radical (unpaired) electrons. The van der Waals surface area contributed by atoms with Crippen molar-refractivity contribution >= 4 is 0 Å². The van der Waals surface area contributed by atoms with E-state index in [2.05, 4.69) is 24.1 Å². The lowest BCUT2D eigenvalue weighted by Gasteiger charge is -2.38. The quantitative estimate of drug-likeness (QED) is 0.706. The molecule has 0 aromatic carbocycles. The highest BCUT2D eigenvalue weighted by Crippen LogP contribution is 2.20. The number of methoxy groups -OCH3 is 1. The molecule has 1 N–H and O–H groups in total. The molecule has 0 aromatic rings. The first-order valence-electron chi connectivity index (χ1n) is 7.28. The van der Waals surface area contributed by atoms with Gasteiger partial charge in [0, 0.05) is 25.7 Å². The summed E-state index contributed by atoms with van der Waals surface area (Å²) in [4.78, 5) is 2.68. The van der Waals surface area contributed by atoms with Gasteiger partial charge in [-0.05, 0) is 32.4 Å². The van der Waals surface area contributed by atoms with E-state index in [9.17, 15) is 0 Å². The van der Waals surface area contributed by atoms with E-state index >= 15 is 0 Å². The predicted molar refractivity (Wildman–Crippen MR) is 73.5 cm³/mol. The molecule has 1 aliphatic heterocycles. The molecule has 3 nitrogen and oxygen atoms in total. The summed E-state index contributed by atoms with van der Waals surface area (Å²) in [6, 6.07) is 1.30. The second-order valence-electron chi connectivity index (χ2n) is 5.14. The van der Waals surface area contributed by atoms with Gasteiger partial charge in [-0.2, -0.15) is 0 Å². The van der Waals surface area contributed by atoms with Gasteiger partial charge >= 0.3 is 0 Å². The van der Waals surface area contributed by atoms with Gasteiger partial charge in [0.25, 0.3) is 0 Å². The maximum atomic E-state index is 5.30. The van der Waals surface area contributed by atoms with Crippen molar-refractivity contribution in [3.05, 3.63) is 0 Å². The highest BCUT2D eigenvalue weighted by Gasteiger charge is 2.23. The molecule has 0 bridgehead atoms. The summed E-state index contributed by atoms with van der Waals surface area (Å²) < 4.78 is 5.30. The lowest BCUT2D eigenvalue weighted by Crippen LogP contribution is -2.49. The molecule has 17 heavy (non-hydrogen) atoms. The normalized spacial score (nSPS) is 23.8. The summed E-state index contributed by atoms with van der Waals surface area (Å²) in [7, 11) is 1.80. The molecule has 1 aliphatic rings. The number of likely N-dealkylation sites (tertiary alicyclic amines) is 1. The van der Waals surface area contributed by atoms with Crippen LogP contribution in [0.1, 0.15) is 46.0 Å². The first-order valence-corrected chi connectivity index (χ1v) is 7.28. The number of rotatable bonds is 8. The molecule has 0 spiro atoms. The number of likely N-dealkylation sites (N-methyl/N-ethyl adjacent to an activating group) is 1. The minimum atomic E-state index is 0.488. The van der Waals surface area contributed by atoms with Gasteiger partial charge < -0.3 is 10.1 Å². The van der Waals surface area contributed by atoms with Crippen molar-refractivity contribution in [1.82, 2.24) is 10.2 Å². The van der Waals surface area contributed by atoms with E-state index in [4.69, 9.17) is 4.74 Å². The third-order valence-electron chi connectivity index (χ3n) is 3.69. The van der Waals surface area contributed by atoms with Crippen molar-refractivity contribution in [3.63, 3.8) is 0 Å². The average molecular weight is 242 g/mol. The van der Waals surface area contributed by atoms with Gasteiger partial charge in [0.05, 0.1) is 6.61 Å². The van der Waals surface area contributed by atoms with Gasteiger partial charge in [0.15, 0.2) is 0 Å². The molecule has 1 heterocycles. The van der Waals surface area contributed by atoms with Crippen LogP contribution in [0.5, 0.6) is 0 Å². The van der Waals surface area contributed by atoms with E-state index in [1.807, 2.05) is 0 Å². The topological polar surface area (TPSA) is 24.5 Å². The Morgan fingerprint density at radius 3 is 2.82 bits per heavy atom. The predicted octanol–water partition coefficient (Wildman–Crippen LogP) is 2.27. The van der Waals surface area contributed by atoms with E-state index < -0.39 is 0 Å². The van der Waals surface area contributed by atoms with Crippen molar-refractivity contribution in [3.8, 4) is 0 Å². The van der Waals surface area contributed by atoms with Crippen molar-refractivity contribution in [2.45, 2.75) is 58.0 Å². The average Bonchev–Trinajstić information content (AvgIpc) is 2.33. The highest BCUT2D eigenvalue weighted by atomic mass is 16.5. The van der Waals surface area contributed by atoms with Gasteiger partial charge in [-0.15, -0.1) is 0 Å². The summed E-state index contributed by atoms with van der Waals surface area (Å²) in [6.07, 6.45) is 6.83. The molecule has 1 rings (SSSR count). The second-order valence-corrected chi connectivity index (χ2v) is 5.14. The van der Waals surface area contributed by atoms with Crippen LogP contribution >= 0.6 is 0 Å². The summed E-state index contributed by atoms with van der Waals surface area (Å²) in [5.74, 6) is 0. The Morgan fingerprint density at radius 1 is 1.35 bits per heavy atom. The van der Waals surface area contributed by atoms with E-state index in [0.29, 0.717) is 6.04 Å².